The van der Waals surface area contributed by atoms with Gasteiger partial charge in [-0.1, -0.05) is 30.3 Å². The van der Waals surface area contributed by atoms with Crippen LogP contribution in [0.25, 0.3) is 22.3 Å². The third-order valence-corrected chi connectivity index (χ3v) is 16.0. The van der Waals surface area contributed by atoms with Crippen LogP contribution in [-0.2, 0) is 16.1 Å². The Morgan fingerprint density at radius 1 is 0.768 bits per heavy atom. The number of nitrogen functional groups attached to an aromatic ring is 1. The molecule has 0 aliphatic carbocycles. The summed E-state index contributed by atoms with van der Waals surface area (Å²) < 4.78 is 8.12. The SMILES string of the molecule is Nc1ncnc2c1c(-c1ccc(Oc3ccccc3)cc1)nn2[C@@H]1CCCN(C2CCN(C(=O)N3CCC(CCN4CCC(c5ccc6c(c5)CN(C5CCC(=O)NC5=O)C6=O)CC4)CC3)CC2)C1. The van der Waals surface area contributed by atoms with Gasteiger partial charge >= 0.3 is 6.03 Å². The Balaban J connectivity index is 0.622. The average molecular weight is 934 g/mol. The lowest BCUT2D eigenvalue weighted by atomic mass is 9.87. The van der Waals surface area contributed by atoms with Crippen LogP contribution < -0.4 is 15.8 Å². The molecule has 1 unspecified atom stereocenters. The van der Waals surface area contributed by atoms with Crippen LogP contribution in [0.1, 0.15) is 104 Å². The first-order valence-electron chi connectivity index (χ1n) is 25.3. The van der Waals surface area contributed by atoms with Crippen molar-refractivity contribution in [3.8, 4) is 22.8 Å². The number of urea groups is 1. The molecule has 0 radical (unpaired) electrons. The lowest BCUT2D eigenvalue weighted by molar-refractivity contribution is -0.136. The number of hydrogen-bond acceptors (Lipinski definition) is 11. The first-order valence-corrected chi connectivity index (χ1v) is 25.3. The minimum atomic E-state index is -0.588. The van der Waals surface area contributed by atoms with E-state index in [0.717, 1.165) is 150 Å². The number of para-hydroxylation sites is 1. The molecule has 6 aliphatic rings. The number of carbonyl (C=O) groups is 4. The number of amides is 5. The van der Waals surface area contributed by atoms with Crippen molar-refractivity contribution in [3.05, 3.63) is 95.8 Å². The van der Waals surface area contributed by atoms with Gasteiger partial charge in [0.2, 0.25) is 11.8 Å². The smallest absolute Gasteiger partial charge is 0.319 e. The zero-order chi connectivity index (χ0) is 47.0. The van der Waals surface area contributed by atoms with Crippen molar-refractivity contribution in [1.82, 2.24) is 49.6 Å². The number of fused-ring (bicyclic) bond motifs is 2. The van der Waals surface area contributed by atoms with E-state index in [4.69, 9.17) is 20.6 Å². The topological polar surface area (TPSA) is 175 Å². The maximum Gasteiger partial charge on any atom is 0.319 e. The molecule has 11 rings (SSSR count). The van der Waals surface area contributed by atoms with E-state index >= 15 is 0 Å². The number of likely N-dealkylation sites (tertiary alicyclic amines) is 4. The number of nitrogens with zero attached hydrogens (tertiary/aromatic N) is 9. The van der Waals surface area contributed by atoms with Crippen LogP contribution in [0.15, 0.2) is 79.1 Å². The average Bonchev–Trinajstić information content (AvgIpc) is 3.94. The number of piperidine rings is 5. The summed E-state index contributed by atoms with van der Waals surface area (Å²) in [7, 11) is 0. The van der Waals surface area contributed by atoms with E-state index in [-0.39, 0.29) is 36.2 Å². The molecule has 6 aliphatic heterocycles. The number of carbonyl (C=O) groups excluding carboxylic acids is 4. The molecule has 8 heterocycles. The van der Waals surface area contributed by atoms with E-state index in [9.17, 15) is 19.2 Å². The predicted molar refractivity (Wildman–Crippen MR) is 261 cm³/mol. The molecule has 5 aromatic rings. The fourth-order valence-electron chi connectivity index (χ4n) is 12.0. The highest BCUT2D eigenvalue weighted by Crippen LogP contribution is 2.37. The highest BCUT2D eigenvalue weighted by Gasteiger charge is 2.40. The van der Waals surface area contributed by atoms with Crippen LogP contribution in [0.3, 0.4) is 0 Å². The number of benzene rings is 3. The number of nitrogens with one attached hydrogen (secondary N) is 1. The minimum Gasteiger partial charge on any atom is -0.457 e. The number of hydrogen-bond donors (Lipinski definition) is 2. The normalized spacial score (nSPS) is 22.6. The molecular formula is C53H63N11O5. The zero-order valence-electron chi connectivity index (χ0n) is 39.4. The van der Waals surface area contributed by atoms with Gasteiger partial charge in [0.1, 0.15) is 35.4 Å². The van der Waals surface area contributed by atoms with Crippen LogP contribution in [0.5, 0.6) is 11.5 Å². The molecular weight excluding hydrogens is 871 g/mol. The number of rotatable bonds is 10. The molecule has 16 heteroatoms. The van der Waals surface area contributed by atoms with Gasteiger partial charge in [0, 0.05) is 62.9 Å². The summed E-state index contributed by atoms with van der Waals surface area (Å²) in [5.41, 5.74) is 11.9. The highest BCUT2D eigenvalue weighted by atomic mass is 16.5. The van der Waals surface area contributed by atoms with Crippen molar-refractivity contribution in [3.63, 3.8) is 0 Å². The van der Waals surface area contributed by atoms with E-state index < -0.39 is 6.04 Å². The van der Waals surface area contributed by atoms with Crippen molar-refractivity contribution >= 4 is 40.6 Å². The molecule has 16 nitrogen and oxygen atoms in total. The minimum absolute atomic E-state index is 0.117. The van der Waals surface area contributed by atoms with E-state index in [1.54, 1.807) is 4.90 Å². The number of imide groups is 1. The molecule has 69 heavy (non-hydrogen) atoms. The Bertz CT molecular complexity index is 2690. The third-order valence-electron chi connectivity index (χ3n) is 16.0. The van der Waals surface area contributed by atoms with E-state index in [1.807, 2.05) is 60.7 Å². The van der Waals surface area contributed by atoms with Crippen LogP contribution in [0.2, 0.25) is 0 Å². The Morgan fingerprint density at radius 3 is 2.26 bits per heavy atom. The Labute approximate surface area is 403 Å². The van der Waals surface area contributed by atoms with Gasteiger partial charge in [0.25, 0.3) is 5.91 Å². The second-order valence-electron chi connectivity index (χ2n) is 20.1. The van der Waals surface area contributed by atoms with Crippen molar-refractivity contribution in [1.29, 1.82) is 0 Å². The summed E-state index contributed by atoms with van der Waals surface area (Å²) >= 11 is 0. The van der Waals surface area contributed by atoms with Gasteiger partial charge in [-0.15, -0.1) is 0 Å². The molecule has 3 N–H and O–H groups in total. The van der Waals surface area contributed by atoms with E-state index in [1.165, 1.54) is 18.3 Å². The molecule has 360 valence electrons. The molecule has 5 fully saturated rings. The second-order valence-corrected chi connectivity index (χ2v) is 20.1. The predicted octanol–water partition coefficient (Wildman–Crippen LogP) is 6.83. The van der Waals surface area contributed by atoms with Gasteiger partial charge in [-0.2, -0.15) is 5.10 Å². The van der Waals surface area contributed by atoms with Crippen LogP contribution >= 0.6 is 0 Å². The van der Waals surface area contributed by atoms with Gasteiger partial charge in [0.15, 0.2) is 5.65 Å². The van der Waals surface area contributed by atoms with Crippen molar-refractivity contribution < 1.29 is 23.9 Å². The first-order chi connectivity index (χ1) is 33.7. The summed E-state index contributed by atoms with van der Waals surface area (Å²) in [6, 6.07) is 24.1. The Hall–Kier alpha value is -6.39. The number of anilines is 1. The molecule has 2 aromatic heterocycles. The van der Waals surface area contributed by atoms with Crippen molar-refractivity contribution in [2.24, 2.45) is 5.92 Å². The van der Waals surface area contributed by atoms with Gasteiger partial charge in [-0.3, -0.25) is 24.6 Å². The molecule has 0 spiro atoms. The van der Waals surface area contributed by atoms with Gasteiger partial charge < -0.3 is 30.1 Å². The standard InChI is InChI=1S/C53H63N11O5/c54-49-47-48(37-8-11-43(12-9-37)69-42-6-2-1-3-7-42)58-64(50(47)56-34-55-49)41-5-4-23-62(33-41)40-21-29-61(30-22-40)53(68)60-27-17-35(18-28-60)16-24-59-25-19-36(20-26-59)38-10-13-44-39(31-38)32-63(52(44)67)45-14-15-46(65)57-51(45)66/h1-3,6-13,31,34-36,40-41,45H,4-5,14-30,32-33H2,(H2,54,55,56)(H,57,65,66)/t41-,45?/m1/s1. The number of nitrogens with two attached hydrogens (primary N) is 1. The molecule has 0 bridgehead atoms. The second kappa shape index (κ2) is 19.5. The largest absolute Gasteiger partial charge is 0.457 e. The number of ether oxygens (including phenoxy) is 1. The quantitative estimate of drug-likeness (QED) is 0.141. The lowest BCUT2D eigenvalue weighted by Gasteiger charge is -2.43. The fraction of sp³-hybridized carbons (Fsp3) is 0.491. The molecule has 0 saturated carbocycles. The summed E-state index contributed by atoms with van der Waals surface area (Å²) in [5.74, 6) is 2.28. The highest BCUT2D eigenvalue weighted by molar-refractivity contribution is 6.05. The Morgan fingerprint density at radius 2 is 1.51 bits per heavy atom. The van der Waals surface area contributed by atoms with Gasteiger partial charge in [-0.25, -0.2) is 19.4 Å². The van der Waals surface area contributed by atoms with Crippen LogP contribution in [0, 0.1) is 5.92 Å². The van der Waals surface area contributed by atoms with Crippen molar-refractivity contribution in [2.75, 3.05) is 64.6 Å². The lowest BCUT2D eigenvalue weighted by Crippen LogP contribution is -2.53. The molecule has 2 atom stereocenters. The van der Waals surface area contributed by atoms with Crippen LogP contribution in [-0.4, -0.2) is 139 Å². The van der Waals surface area contributed by atoms with Gasteiger partial charge in [0.05, 0.1) is 11.4 Å². The summed E-state index contributed by atoms with van der Waals surface area (Å²) in [6.07, 6.45) is 11.6. The fourth-order valence-corrected chi connectivity index (χ4v) is 12.0. The van der Waals surface area contributed by atoms with Crippen molar-refractivity contribution in [2.45, 2.75) is 101 Å². The maximum absolute atomic E-state index is 13.8. The summed E-state index contributed by atoms with van der Waals surface area (Å²) in [5, 5.41) is 8.35. The third kappa shape index (κ3) is 9.40. The molecule has 5 amide bonds. The van der Waals surface area contributed by atoms with Gasteiger partial charge in [-0.05, 0) is 156 Å². The summed E-state index contributed by atoms with van der Waals surface area (Å²) in [6.45, 7) is 8.78. The monoisotopic (exact) mass is 934 g/mol. The van der Waals surface area contributed by atoms with E-state index in [2.05, 4.69) is 46.7 Å². The Kier molecular flexibility index (Phi) is 12.8. The molecule has 3 aromatic carbocycles. The summed E-state index contributed by atoms with van der Waals surface area (Å²) in [4.78, 5) is 71.3. The zero-order valence-corrected chi connectivity index (χ0v) is 39.4. The maximum atomic E-state index is 13.8. The first kappa shape index (κ1) is 45.1. The molecule has 5 saturated heterocycles. The number of aromatic nitrogens is 4. The van der Waals surface area contributed by atoms with E-state index in [0.29, 0.717) is 42.2 Å². The van der Waals surface area contributed by atoms with Crippen LogP contribution in [0.4, 0.5) is 10.6 Å².